The number of pyridine rings is 2. The standard InChI is InChI=1S/C20H18N4O3S/c1-25-15-9-13(11-21-19(15)27-3)12-7-8-14-16(10-12)28-20(22-14)24-17-5-4-6-18(23-17)26-2/h4-11H,1-3H3,(H,22,23,24). The fourth-order valence-electron chi connectivity index (χ4n) is 2.75. The number of thiazole rings is 1. The molecule has 1 aromatic carbocycles. The quantitative estimate of drug-likeness (QED) is 0.515. The van der Waals surface area contributed by atoms with Crippen LogP contribution in [0.2, 0.25) is 0 Å². The lowest BCUT2D eigenvalue weighted by Crippen LogP contribution is -1.94. The number of nitrogens with zero attached hydrogens (tertiary/aromatic N) is 3. The molecule has 0 saturated heterocycles. The van der Waals surface area contributed by atoms with Gasteiger partial charge in [-0.1, -0.05) is 23.5 Å². The van der Waals surface area contributed by atoms with E-state index in [-0.39, 0.29) is 0 Å². The number of benzene rings is 1. The second-order valence-electron chi connectivity index (χ2n) is 5.83. The molecule has 0 aliphatic carbocycles. The molecule has 142 valence electrons. The predicted octanol–water partition coefficient (Wildman–Crippen LogP) is 4.52. The Bertz CT molecular complexity index is 1130. The molecule has 0 fully saturated rings. The minimum atomic E-state index is 0.461. The molecule has 0 spiro atoms. The average Bonchev–Trinajstić information content (AvgIpc) is 3.14. The Balaban J connectivity index is 1.65. The highest BCUT2D eigenvalue weighted by molar-refractivity contribution is 7.22. The van der Waals surface area contributed by atoms with E-state index in [4.69, 9.17) is 14.2 Å². The van der Waals surface area contributed by atoms with Gasteiger partial charge in [-0.25, -0.2) is 9.97 Å². The van der Waals surface area contributed by atoms with Gasteiger partial charge in [-0.3, -0.25) is 0 Å². The summed E-state index contributed by atoms with van der Waals surface area (Å²) in [5.41, 5.74) is 2.88. The van der Waals surface area contributed by atoms with Crippen LogP contribution in [0.25, 0.3) is 21.3 Å². The minimum Gasteiger partial charge on any atom is -0.491 e. The van der Waals surface area contributed by atoms with E-state index < -0.39 is 0 Å². The van der Waals surface area contributed by atoms with Crippen molar-refractivity contribution in [2.45, 2.75) is 0 Å². The molecule has 3 heterocycles. The lowest BCUT2D eigenvalue weighted by Gasteiger charge is -2.08. The summed E-state index contributed by atoms with van der Waals surface area (Å²) in [6, 6.07) is 13.5. The van der Waals surface area contributed by atoms with E-state index in [0.29, 0.717) is 23.3 Å². The van der Waals surface area contributed by atoms with Crippen LogP contribution >= 0.6 is 11.3 Å². The molecule has 0 atom stereocenters. The zero-order valence-corrected chi connectivity index (χ0v) is 16.4. The fourth-order valence-corrected chi connectivity index (χ4v) is 3.67. The van der Waals surface area contributed by atoms with Crippen molar-refractivity contribution in [3.63, 3.8) is 0 Å². The van der Waals surface area contributed by atoms with Crippen molar-refractivity contribution < 1.29 is 14.2 Å². The van der Waals surface area contributed by atoms with Gasteiger partial charge in [0.15, 0.2) is 10.9 Å². The van der Waals surface area contributed by atoms with Gasteiger partial charge in [-0.15, -0.1) is 0 Å². The number of fused-ring (bicyclic) bond motifs is 1. The number of ether oxygens (including phenoxy) is 3. The summed E-state index contributed by atoms with van der Waals surface area (Å²) in [7, 11) is 4.76. The molecule has 28 heavy (non-hydrogen) atoms. The fraction of sp³-hybridized carbons (Fsp3) is 0.150. The Kier molecular flexibility index (Phi) is 4.94. The molecule has 0 saturated carbocycles. The van der Waals surface area contributed by atoms with Crippen LogP contribution in [-0.4, -0.2) is 36.3 Å². The van der Waals surface area contributed by atoms with Crippen molar-refractivity contribution in [1.29, 1.82) is 0 Å². The summed E-state index contributed by atoms with van der Waals surface area (Å²) in [6.07, 6.45) is 1.77. The number of methoxy groups -OCH3 is 3. The lowest BCUT2D eigenvalue weighted by molar-refractivity contribution is 0.343. The topological polar surface area (TPSA) is 78.4 Å². The summed E-state index contributed by atoms with van der Waals surface area (Å²) < 4.78 is 16.8. The number of hydrogen-bond acceptors (Lipinski definition) is 8. The highest BCUT2D eigenvalue weighted by atomic mass is 32.1. The average molecular weight is 394 g/mol. The van der Waals surface area contributed by atoms with Gasteiger partial charge in [0.05, 0.1) is 31.5 Å². The number of nitrogens with one attached hydrogen (secondary N) is 1. The lowest BCUT2D eigenvalue weighted by atomic mass is 10.1. The second-order valence-corrected chi connectivity index (χ2v) is 6.86. The number of rotatable bonds is 6. The summed E-state index contributed by atoms with van der Waals surface area (Å²) >= 11 is 1.55. The predicted molar refractivity (Wildman–Crippen MR) is 110 cm³/mol. The van der Waals surface area contributed by atoms with Crippen LogP contribution in [0, 0.1) is 0 Å². The summed E-state index contributed by atoms with van der Waals surface area (Å²) in [4.78, 5) is 13.3. The Labute approximate surface area is 166 Å². The molecule has 4 rings (SSSR count). The Morgan fingerprint density at radius 3 is 2.57 bits per heavy atom. The first-order valence-electron chi connectivity index (χ1n) is 8.47. The van der Waals surface area contributed by atoms with Gasteiger partial charge in [-0.05, 0) is 29.8 Å². The van der Waals surface area contributed by atoms with Crippen molar-refractivity contribution in [1.82, 2.24) is 15.0 Å². The third kappa shape index (κ3) is 3.54. The van der Waals surface area contributed by atoms with E-state index in [0.717, 1.165) is 26.5 Å². The summed E-state index contributed by atoms with van der Waals surface area (Å²) in [5, 5.41) is 3.99. The minimum absolute atomic E-state index is 0.461. The van der Waals surface area contributed by atoms with Gasteiger partial charge < -0.3 is 19.5 Å². The van der Waals surface area contributed by atoms with Crippen LogP contribution in [0.15, 0.2) is 48.7 Å². The molecule has 7 nitrogen and oxygen atoms in total. The Morgan fingerprint density at radius 2 is 1.79 bits per heavy atom. The highest BCUT2D eigenvalue weighted by Gasteiger charge is 2.10. The van der Waals surface area contributed by atoms with Gasteiger partial charge >= 0.3 is 0 Å². The molecule has 0 amide bonds. The van der Waals surface area contributed by atoms with Crippen LogP contribution in [0.3, 0.4) is 0 Å². The van der Waals surface area contributed by atoms with E-state index in [1.54, 1.807) is 44.9 Å². The van der Waals surface area contributed by atoms with Crippen LogP contribution in [-0.2, 0) is 0 Å². The van der Waals surface area contributed by atoms with Gasteiger partial charge in [-0.2, -0.15) is 4.98 Å². The van der Waals surface area contributed by atoms with E-state index >= 15 is 0 Å². The molecule has 0 bridgehead atoms. The third-order valence-corrected chi connectivity index (χ3v) is 5.05. The number of anilines is 2. The first kappa shape index (κ1) is 18.0. The Hall–Kier alpha value is -3.39. The van der Waals surface area contributed by atoms with E-state index in [2.05, 4.69) is 26.3 Å². The SMILES string of the molecule is COc1cccc(Nc2nc3ccc(-c4cnc(OC)c(OC)c4)cc3s2)n1. The molecule has 8 heteroatoms. The van der Waals surface area contributed by atoms with Crippen LogP contribution in [0.1, 0.15) is 0 Å². The normalized spacial score (nSPS) is 10.7. The molecular weight excluding hydrogens is 376 g/mol. The molecule has 4 aromatic rings. The number of aromatic nitrogens is 3. The zero-order valence-electron chi connectivity index (χ0n) is 15.6. The maximum absolute atomic E-state index is 5.35. The largest absolute Gasteiger partial charge is 0.491 e. The van der Waals surface area contributed by atoms with Crippen LogP contribution in [0.5, 0.6) is 17.5 Å². The van der Waals surface area contributed by atoms with E-state index in [1.165, 1.54) is 0 Å². The van der Waals surface area contributed by atoms with Crippen molar-refractivity contribution in [3.05, 3.63) is 48.7 Å². The van der Waals surface area contributed by atoms with Gasteiger partial charge in [0.1, 0.15) is 5.82 Å². The molecule has 3 aromatic heterocycles. The Morgan fingerprint density at radius 1 is 0.893 bits per heavy atom. The molecule has 0 radical (unpaired) electrons. The molecule has 0 aliphatic rings. The van der Waals surface area contributed by atoms with Gasteiger partial charge in [0, 0.05) is 17.8 Å². The van der Waals surface area contributed by atoms with Crippen molar-refractivity contribution >= 4 is 32.5 Å². The van der Waals surface area contributed by atoms with Crippen molar-refractivity contribution in [2.24, 2.45) is 0 Å². The first-order chi connectivity index (χ1) is 13.7. The number of hydrogen-bond donors (Lipinski definition) is 1. The summed E-state index contributed by atoms with van der Waals surface area (Å²) in [6.45, 7) is 0. The first-order valence-corrected chi connectivity index (χ1v) is 9.29. The summed E-state index contributed by atoms with van der Waals surface area (Å²) in [5.74, 6) is 2.29. The maximum Gasteiger partial charge on any atom is 0.256 e. The monoisotopic (exact) mass is 394 g/mol. The molecule has 1 N–H and O–H groups in total. The van der Waals surface area contributed by atoms with Crippen LogP contribution < -0.4 is 19.5 Å². The third-order valence-electron chi connectivity index (χ3n) is 4.12. The second kappa shape index (κ2) is 7.69. The van der Waals surface area contributed by atoms with Crippen molar-refractivity contribution in [3.8, 4) is 28.6 Å². The smallest absolute Gasteiger partial charge is 0.256 e. The molecule has 0 unspecified atom stereocenters. The zero-order chi connectivity index (χ0) is 19.5. The van der Waals surface area contributed by atoms with E-state index in [1.807, 2.05) is 30.3 Å². The van der Waals surface area contributed by atoms with Gasteiger partial charge in [0.2, 0.25) is 5.88 Å². The van der Waals surface area contributed by atoms with Crippen LogP contribution in [0.4, 0.5) is 10.9 Å². The maximum atomic E-state index is 5.35. The molecule has 0 aliphatic heterocycles. The van der Waals surface area contributed by atoms with Crippen molar-refractivity contribution in [2.75, 3.05) is 26.6 Å². The van der Waals surface area contributed by atoms with E-state index in [9.17, 15) is 0 Å². The molecular formula is C20H18N4O3S. The highest BCUT2D eigenvalue weighted by Crippen LogP contribution is 2.34. The van der Waals surface area contributed by atoms with Gasteiger partial charge in [0.25, 0.3) is 5.88 Å².